The molecule has 0 spiro atoms. The number of carbonyl (C=O) groups is 3. The van der Waals surface area contributed by atoms with Gasteiger partial charge in [-0.05, 0) is 66.3 Å². The smallest absolute Gasteiger partial charge is 0.235 e. The highest BCUT2D eigenvalue weighted by atomic mass is 16.5. The fraction of sp³-hybridized carbons (Fsp3) is 0.325. The maximum absolute atomic E-state index is 14.3. The highest BCUT2D eigenvalue weighted by Gasteiger charge is 2.56. The van der Waals surface area contributed by atoms with Crippen molar-refractivity contribution in [3.63, 3.8) is 0 Å². The van der Waals surface area contributed by atoms with Crippen molar-refractivity contribution in [3.8, 4) is 11.5 Å². The van der Waals surface area contributed by atoms with Crippen LogP contribution in [0.4, 0.5) is 11.4 Å². The van der Waals surface area contributed by atoms with Crippen LogP contribution in [0.1, 0.15) is 55.4 Å². The number of aliphatic hydroxyl groups is 1. The van der Waals surface area contributed by atoms with E-state index in [1.807, 2.05) is 86.6 Å². The number of hydrogen-bond acceptors (Lipinski definition) is 6. The lowest BCUT2D eigenvalue weighted by atomic mass is 9.61. The zero-order chi connectivity index (χ0) is 34.3. The van der Waals surface area contributed by atoms with Crippen LogP contribution in [0.15, 0.2) is 97.1 Å². The van der Waals surface area contributed by atoms with E-state index in [1.54, 1.807) is 24.3 Å². The fourth-order valence-corrected chi connectivity index (χ4v) is 6.75. The van der Waals surface area contributed by atoms with Gasteiger partial charge in [-0.15, -0.1) is 0 Å². The lowest BCUT2D eigenvalue weighted by molar-refractivity contribution is -0.150. The summed E-state index contributed by atoms with van der Waals surface area (Å²) >= 11 is 0. The van der Waals surface area contributed by atoms with Gasteiger partial charge in [0.25, 0.3) is 0 Å². The van der Waals surface area contributed by atoms with E-state index >= 15 is 0 Å². The van der Waals surface area contributed by atoms with E-state index in [0.29, 0.717) is 54.3 Å². The molecule has 3 N–H and O–H groups in total. The molecule has 1 fully saturated rings. The van der Waals surface area contributed by atoms with Gasteiger partial charge in [0.2, 0.25) is 11.8 Å². The van der Waals surface area contributed by atoms with E-state index in [4.69, 9.17) is 9.47 Å². The third-order valence-corrected chi connectivity index (χ3v) is 9.21. The molecule has 1 saturated carbocycles. The standard InChI is InChI=1S/C40H44N2O6/c1-5-27-16-10-12-18-30(27)41-38(44)36-32(43)25-40(3,46)37(39(45)42-31-19-13-11-17-28(31)6-2)35(36)29-20-21-33(34(24-29)47-4)48-23-22-26-14-8-7-9-15-26/h7-21,24,35-37,46H,5-6,22-23,25H2,1-4H3,(H,41,44)(H,42,45). The number of Topliss-reactive ketones (excluding diaryl/α,β-unsaturated/α-hetero) is 1. The summed E-state index contributed by atoms with van der Waals surface area (Å²) in [6, 6.07) is 30.1. The average Bonchev–Trinajstić information content (AvgIpc) is 3.08. The van der Waals surface area contributed by atoms with Crippen molar-refractivity contribution in [2.24, 2.45) is 11.8 Å². The van der Waals surface area contributed by atoms with Crippen molar-refractivity contribution in [2.45, 2.75) is 58.0 Å². The monoisotopic (exact) mass is 648 g/mol. The summed E-state index contributed by atoms with van der Waals surface area (Å²) in [5.41, 5.74) is 2.96. The zero-order valence-electron chi connectivity index (χ0n) is 28.0. The van der Waals surface area contributed by atoms with Crippen LogP contribution in [0.5, 0.6) is 11.5 Å². The largest absolute Gasteiger partial charge is 0.493 e. The molecule has 0 bridgehead atoms. The summed E-state index contributed by atoms with van der Waals surface area (Å²) in [6.45, 7) is 5.88. The van der Waals surface area contributed by atoms with Gasteiger partial charge in [-0.2, -0.15) is 0 Å². The number of anilines is 2. The molecule has 0 aromatic heterocycles. The van der Waals surface area contributed by atoms with Gasteiger partial charge in [0.1, 0.15) is 11.7 Å². The van der Waals surface area contributed by atoms with Gasteiger partial charge >= 0.3 is 0 Å². The number of methoxy groups -OCH3 is 1. The first-order chi connectivity index (χ1) is 23.2. The number of aryl methyl sites for hydroxylation is 2. The van der Waals surface area contributed by atoms with Gasteiger partial charge in [0, 0.05) is 30.1 Å². The highest BCUT2D eigenvalue weighted by molar-refractivity contribution is 6.10. The molecule has 5 rings (SSSR count). The Morgan fingerprint density at radius 1 is 0.812 bits per heavy atom. The van der Waals surface area contributed by atoms with Gasteiger partial charge in [0.05, 0.1) is 25.2 Å². The van der Waals surface area contributed by atoms with Crippen molar-refractivity contribution in [2.75, 3.05) is 24.4 Å². The fourth-order valence-electron chi connectivity index (χ4n) is 6.75. The Balaban J connectivity index is 1.54. The van der Waals surface area contributed by atoms with Crippen LogP contribution in [-0.2, 0) is 33.6 Å². The van der Waals surface area contributed by atoms with Crippen LogP contribution in [0.25, 0.3) is 0 Å². The topological polar surface area (TPSA) is 114 Å². The van der Waals surface area contributed by atoms with Crippen molar-refractivity contribution >= 4 is 29.0 Å². The zero-order valence-corrected chi connectivity index (χ0v) is 28.0. The molecule has 1 aliphatic carbocycles. The molecule has 0 saturated heterocycles. The summed E-state index contributed by atoms with van der Waals surface area (Å²) in [4.78, 5) is 42.4. The minimum atomic E-state index is -1.75. The average molecular weight is 649 g/mol. The second-order valence-corrected chi connectivity index (χ2v) is 12.5. The van der Waals surface area contributed by atoms with E-state index in [2.05, 4.69) is 10.6 Å². The molecule has 48 heavy (non-hydrogen) atoms. The highest BCUT2D eigenvalue weighted by Crippen LogP contribution is 2.48. The Labute approximate surface area is 282 Å². The molecule has 4 aromatic carbocycles. The SMILES string of the molecule is CCc1ccccc1NC(=O)C1C(=O)CC(C)(O)C(C(=O)Nc2ccccc2CC)C1c1ccc(OCCc2ccccc2)c(OC)c1. The first-order valence-electron chi connectivity index (χ1n) is 16.5. The Bertz CT molecular complexity index is 1750. The third kappa shape index (κ3) is 7.60. The number of hydrogen-bond donors (Lipinski definition) is 3. The summed E-state index contributed by atoms with van der Waals surface area (Å²) < 4.78 is 11.8. The van der Waals surface area contributed by atoms with Crippen LogP contribution < -0.4 is 20.1 Å². The Hall–Kier alpha value is -4.95. The predicted octanol–water partition coefficient (Wildman–Crippen LogP) is 6.76. The molecule has 1 aliphatic rings. The number of ketones is 1. The molecule has 0 radical (unpaired) electrons. The minimum Gasteiger partial charge on any atom is -0.493 e. The predicted molar refractivity (Wildman–Crippen MR) is 188 cm³/mol. The van der Waals surface area contributed by atoms with Crippen LogP contribution in [0, 0.1) is 11.8 Å². The molecule has 4 aromatic rings. The molecule has 0 aliphatic heterocycles. The first kappa shape index (κ1) is 34.4. The number of ether oxygens (including phenoxy) is 2. The second kappa shape index (κ2) is 15.3. The Morgan fingerprint density at radius 2 is 1.40 bits per heavy atom. The van der Waals surface area contributed by atoms with E-state index in [0.717, 1.165) is 16.7 Å². The van der Waals surface area contributed by atoms with Gasteiger partial charge in [-0.1, -0.05) is 86.6 Å². The van der Waals surface area contributed by atoms with Crippen LogP contribution in [0.3, 0.4) is 0 Å². The molecule has 8 nitrogen and oxygen atoms in total. The molecule has 8 heteroatoms. The number of nitrogens with one attached hydrogen (secondary N) is 2. The van der Waals surface area contributed by atoms with E-state index < -0.39 is 41.0 Å². The number of amides is 2. The van der Waals surface area contributed by atoms with E-state index in [1.165, 1.54) is 14.0 Å². The van der Waals surface area contributed by atoms with Crippen molar-refractivity contribution < 1.29 is 29.0 Å². The number of carbonyl (C=O) groups excluding carboxylic acids is 3. The molecular weight excluding hydrogens is 604 g/mol. The molecule has 4 atom stereocenters. The third-order valence-electron chi connectivity index (χ3n) is 9.21. The van der Waals surface area contributed by atoms with Crippen molar-refractivity contribution in [3.05, 3.63) is 119 Å². The maximum Gasteiger partial charge on any atom is 0.235 e. The van der Waals surface area contributed by atoms with Crippen molar-refractivity contribution in [1.82, 2.24) is 0 Å². The molecule has 0 heterocycles. The Morgan fingerprint density at radius 3 is 2.00 bits per heavy atom. The van der Waals surface area contributed by atoms with Gasteiger partial charge in [-0.3, -0.25) is 14.4 Å². The minimum absolute atomic E-state index is 0.359. The lowest BCUT2D eigenvalue weighted by Gasteiger charge is -2.44. The summed E-state index contributed by atoms with van der Waals surface area (Å²) in [7, 11) is 1.52. The van der Waals surface area contributed by atoms with Gasteiger partial charge in [-0.25, -0.2) is 0 Å². The van der Waals surface area contributed by atoms with Crippen LogP contribution >= 0.6 is 0 Å². The normalized spacial score (nSPS) is 20.5. The number of rotatable bonds is 12. The van der Waals surface area contributed by atoms with E-state index in [-0.39, 0.29) is 6.42 Å². The summed E-state index contributed by atoms with van der Waals surface area (Å²) in [5, 5.41) is 17.8. The van der Waals surface area contributed by atoms with Crippen molar-refractivity contribution in [1.29, 1.82) is 0 Å². The van der Waals surface area contributed by atoms with Gasteiger partial charge in [0.15, 0.2) is 11.5 Å². The van der Waals surface area contributed by atoms with E-state index in [9.17, 15) is 19.5 Å². The first-order valence-corrected chi connectivity index (χ1v) is 16.5. The number of benzene rings is 4. The molecule has 2 amide bonds. The van der Waals surface area contributed by atoms with Gasteiger partial charge < -0.3 is 25.2 Å². The van der Waals surface area contributed by atoms with Crippen LogP contribution in [-0.4, -0.2) is 42.0 Å². The molecule has 4 unspecified atom stereocenters. The summed E-state index contributed by atoms with van der Waals surface area (Å²) in [6.07, 6.45) is 1.69. The summed E-state index contributed by atoms with van der Waals surface area (Å²) in [5.74, 6) is -4.02. The molecular formula is C40H44N2O6. The second-order valence-electron chi connectivity index (χ2n) is 12.5. The Kier molecular flexibility index (Phi) is 11.0. The molecule has 250 valence electrons. The lowest BCUT2D eigenvalue weighted by Crippen LogP contribution is -2.56. The number of para-hydroxylation sites is 2. The van der Waals surface area contributed by atoms with Crippen LogP contribution in [0.2, 0.25) is 0 Å². The maximum atomic E-state index is 14.3. The quantitative estimate of drug-likeness (QED) is 0.146.